The molecule has 3 heteroatoms. The lowest BCUT2D eigenvalue weighted by atomic mass is 9.80. The Kier molecular flexibility index (Phi) is 7.93. The van der Waals surface area contributed by atoms with Crippen molar-refractivity contribution in [2.75, 3.05) is 32.1 Å². The molecule has 1 aliphatic heterocycles. The highest BCUT2D eigenvalue weighted by atomic mass is 79.9. The van der Waals surface area contributed by atoms with E-state index in [-0.39, 0.29) is 0 Å². The fraction of sp³-hybridized carbons (Fsp3) is 1.00. The molecule has 1 saturated heterocycles. The Morgan fingerprint density at radius 2 is 1.89 bits per heavy atom. The zero-order chi connectivity index (χ0) is 14.3. The predicted octanol–water partition coefficient (Wildman–Crippen LogP) is 4.32. The van der Waals surface area contributed by atoms with E-state index in [1.807, 2.05) is 7.11 Å². The number of hydrogen-bond acceptors (Lipinski definition) is 2. The lowest BCUT2D eigenvalue weighted by Crippen LogP contribution is -2.48. The SMILES string of the molecule is CCCC(CBr)(CCC)CN1CCC(C)C(OC)C1. The summed E-state index contributed by atoms with van der Waals surface area (Å²) in [4.78, 5) is 2.64. The molecule has 1 fully saturated rings. The van der Waals surface area contributed by atoms with Gasteiger partial charge in [-0.1, -0.05) is 49.5 Å². The van der Waals surface area contributed by atoms with Crippen LogP contribution in [0.4, 0.5) is 0 Å². The molecular formula is C16H32BrNO. The lowest BCUT2D eigenvalue weighted by molar-refractivity contribution is -0.0177. The van der Waals surface area contributed by atoms with Gasteiger partial charge in [0.25, 0.3) is 0 Å². The molecule has 1 aliphatic rings. The number of methoxy groups -OCH3 is 1. The van der Waals surface area contributed by atoms with Crippen LogP contribution in [-0.2, 0) is 4.74 Å². The van der Waals surface area contributed by atoms with Crippen LogP contribution in [0.3, 0.4) is 0 Å². The topological polar surface area (TPSA) is 12.5 Å². The molecule has 2 nitrogen and oxygen atoms in total. The Hall–Kier alpha value is 0.400. The first kappa shape index (κ1) is 17.5. The number of rotatable bonds is 8. The molecule has 1 heterocycles. The first-order valence-electron chi connectivity index (χ1n) is 7.92. The average Bonchev–Trinajstić information content (AvgIpc) is 2.41. The summed E-state index contributed by atoms with van der Waals surface area (Å²) in [5, 5.41) is 1.13. The minimum Gasteiger partial charge on any atom is -0.380 e. The minimum atomic E-state index is 0.421. The fourth-order valence-corrected chi connectivity index (χ4v) is 4.28. The molecule has 2 unspecified atom stereocenters. The van der Waals surface area contributed by atoms with Crippen LogP contribution in [-0.4, -0.2) is 43.1 Å². The third-order valence-corrected chi connectivity index (χ3v) is 5.87. The second-order valence-corrected chi connectivity index (χ2v) is 6.97. The Labute approximate surface area is 128 Å². The summed E-state index contributed by atoms with van der Waals surface area (Å²) in [6.07, 6.45) is 6.92. The van der Waals surface area contributed by atoms with E-state index >= 15 is 0 Å². The molecule has 0 aliphatic carbocycles. The van der Waals surface area contributed by atoms with E-state index in [9.17, 15) is 0 Å². The highest BCUT2D eigenvalue weighted by Gasteiger charge is 2.33. The summed E-state index contributed by atoms with van der Waals surface area (Å²) >= 11 is 3.79. The van der Waals surface area contributed by atoms with E-state index in [0.29, 0.717) is 17.4 Å². The van der Waals surface area contributed by atoms with Crippen LogP contribution in [0.5, 0.6) is 0 Å². The van der Waals surface area contributed by atoms with Crippen LogP contribution in [0.25, 0.3) is 0 Å². The highest BCUT2D eigenvalue weighted by Crippen LogP contribution is 2.34. The number of halogens is 1. The van der Waals surface area contributed by atoms with Gasteiger partial charge in [0.1, 0.15) is 0 Å². The van der Waals surface area contributed by atoms with E-state index in [0.717, 1.165) is 11.9 Å². The molecule has 0 aromatic carbocycles. The molecule has 19 heavy (non-hydrogen) atoms. The van der Waals surface area contributed by atoms with E-state index < -0.39 is 0 Å². The largest absolute Gasteiger partial charge is 0.380 e. The highest BCUT2D eigenvalue weighted by molar-refractivity contribution is 9.09. The van der Waals surface area contributed by atoms with Crippen LogP contribution in [0.2, 0.25) is 0 Å². The van der Waals surface area contributed by atoms with E-state index in [4.69, 9.17) is 4.74 Å². The Morgan fingerprint density at radius 3 is 2.37 bits per heavy atom. The molecule has 0 N–H and O–H groups in total. The van der Waals surface area contributed by atoms with Gasteiger partial charge in [-0.05, 0) is 37.1 Å². The van der Waals surface area contributed by atoms with Crippen LogP contribution in [0.15, 0.2) is 0 Å². The predicted molar refractivity (Wildman–Crippen MR) is 87.1 cm³/mol. The van der Waals surface area contributed by atoms with Crippen molar-refractivity contribution < 1.29 is 4.74 Å². The molecule has 0 bridgehead atoms. The molecule has 0 amide bonds. The van der Waals surface area contributed by atoms with Gasteiger partial charge < -0.3 is 9.64 Å². The van der Waals surface area contributed by atoms with Gasteiger partial charge >= 0.3 is 0 Å². The summed E-state index contributed by atoms with van der Waals surface area (Å²) < 4.78 is 5.65. The third kappa shape index (κ3) is 5.02. The molecule has 114 valence electrons. The summed E-state index contributed by atoms with van der Waals surface area (Å²) in [5.74, 6) is 0.706. The van der Waals surface area contributed by atoms with Crippen LogP contribution in [0.1, 0.15) is 52.9 Å². The molecule has 0 aromatic heterocycles. The standard InChI is InChI=1S/C16H32BrNO/c1-5-8-16(12-17,9-6-2)13-18-10-7-14(3)15(11-18)19-4/h14-15H,5-13H2,1-4H3. The Balaban J connectivity index is 2.62. The van der Waals surface area contributed by atoms with Crippen LogP contribution < -0.4 is 0 Å². The van der Waals surface area contributed by atoms with Gasteiger partial charge in [-0.3, -0.25) is 0 Å². The van der Waals surface area contributed by atoms with Crippen molar-refractivity contribution in [2.24, 2.45) is 11.3 Å². The monoisotopic (exact) mass is 333 g/mol. The first-order chi connectivity index (χ1) is 9.10. The molecule has 1 rings (SSSR count). The van der Waals surface area contributed by atoms with E-state index in [1.54, 1.807) is 0 Å². The van der Waals surface area contributed by atoms with Gasteiger partial charge in [0.2, 0.25) is 0 Å². The van der Waals surface area contributed by atoms with E-state index in [2.05, 4.69) is 41.6 Å². The number of hydrogen-bond donors (Lipinski definition) is 0. The normalized spacial score (nSPS) is 25.7. The maximum absolute atomic E-state index is 5.65. The average molecular weight is 334 g/mol. The molecule has 0 aromatic rings. The molecule has 0 radical (unpaired) electrons. The number of piperidine rings is 1. The van der Waals surface area contributed by atoms with Crippen molar-refractivity contribution in [3.63, 3.8) is 0 Å². The molecule has 2 atom stereocenters. The van der Waals surface area contributed by atoms with Crippen LogP contribution in [0, 0.1) is 11.3 Å². The third-order valence-electron chi connectivity index (χ3n) is 4.68. The van der Waals surface area contributed by atoms with Gasteiger partial charge in [0, 0.05) is 25.5 Å². The summed E-state index contributed by atoms with van der Waals surface area (Å²) in [5.41, 5.74) is 0.461. The van der Waals surface area contributed by atoms with Gasteiger partial charge in [-0.15, -0.1) is 0 Å². The number of nitrogens with zero attached hydrogens (tertiary/aromatic N) is 1. The van der Waals surface area contributed by atoms with Gasteiger partial charge in [0.15, 0.2) is 0 Å². The van der Waals surface area contributed by atoms with Crippen molar-refractivity contribution in [3.05, 3.63) is 0 Å². The summed E-state index contributed by atoms with van der Waals surface area (Å²) in [6.45, 7) is 10.5. The minimum absolute atomic E-state index is 0.421. The Bertz CT molecular complexity index is 241. The first-order valence-corrected chi connectivity index (χ1v) is 9.04. The molecular weight excluding hydrogens is 302 g/mol. The maximum atomic E-state index is 5.65. The molecule has 0 saturated carbocycles. The van der Waals surface area contributed by atoms with E-state index in [1.165, 1.54) is 45.2 Å². The van der Waals surface area contributed by atoms with Crippen molar-refractivity contribution >= 4 is 15.9 Å². The fourth-order valence-electron chi connectivity index (χ4n) is 3.54. The Morgan fingerprint density at radius 1 is 1.26 bits per heavy atom. The second kappa shape index (κ2) is 8.63. The van der Waals surface area contributed by atoms with Crippen LogP contribution >= 0.6 is 15.9 Å². The van der Waals surface area contributed by atoms with Crippen molar-refractivity contribution in [3.8, 4) is 0 Å². The van der Waals surface area contributed by atoms with Gasteiger partial charge in [-0.2, -0.15) is 0 Å². The zero-order valence-electron chi connectivity index (χ0n) is 13.3. The van der Waals surface area contributed by atoms with Crippen molar-refractivity contribution in [1.82, 2.24) is 4.90 Å². The maximum Gasteiger partial charge on any atom is 0.0724 e. The number of likely N-dealkylation sites (tertiary alicyclic amines) is 1. The summed E-state index contributed by atoms with van der Waals surface area (Å²) in [7, 11) is 1.86. The van der Waals surface area contributed by atoms with Gasteiger partial charge in [0.05, 0.1) is 6.10 Å². The number of ether oxygens (including phenoxy) is 1. The molecule has 0 spiro atoms. The van der Waals surface area contributed by atoms with Gasteiger partial charge in [-0.25, -0.2) is 0 Å². The zero-order valence-corrected chi connectivity index (χ0v) is 14.8. The summed E-state index contributed by atoms with van der Waals surface area (Å²) in [6, 6.07) is 0. The number of alkyl halides is 1. The van der Waals surface area contributed by atoms with Crippen molar-refractivity contribution in [2.45, 2.75) is 59.0 Å². The quantitative estimate of drug-likeness (QED) is 0.613. The second-order valence-electron chi connectivity index (χ2n) is 6.41. The lowest BCUT2D eigenvalue weighted by Gasteiger charge is -2.42. The smallest absolute Gasteiger partial charge is 0.0724 e. The van der Waals surface area contributed by atoms with Crippen molar-refractivity contribution in [1.29, 1.82) is 0 Å².